The second-order valence-electron chi connectivity index (χ2n) is 8.34. The zero-order valence-corrected chi connectivity index (χ0v) is 20.9. The molecule has 0 saturated carbocycles. The second kappa shape index (κ2) is 12.3. The minimum Gasteiger partial charge on any atom is -0.497 e. The van der Waals surface area contributed by atoms with Gasteiger partial charge in [-0.25, -0.2) is 4.98 Å². The van der Waals surface area contributed by atoms with Crippen molar-refractivity contribution in [3.8, 4) is 5.75 Å². The fourth-order valence-corrected chi connectivity index (χ4v) is 4.72. The molecule has 3 aromatic rings. The summed E-state index contributed by atoms with van der Waals surface area (Å²) in [6.45, 7) is 3.18. The van der Waals surface area contributed by atoms with Crippen LogP contribution < -0.4 is 20.5 Å². The molecule has 2 heterocycles. The molecule has 0 unspecified atom stereocenters. The molecular weight excluding hydrogens is 478 g/mol. The highest BCUT2D eigenvalue weighted by atomic mass is 32.2. The highest BCUT2D eigenvalue weighted by molar-refractivity contribution is 7.99. The second-order valence-corrected chi connectivity index (χ2v) is 9.30. The number of rotatable bonds is 9. The number of H-pyrrole nitrogens is 1. The SMILES string of the molecule is COc1cccc(CNC(=O)Cc2cc(=O)[nH]c(SCC(=O)N3CCN(c4ccccc4)CC3)n2)c1. The van der Waals surface area contributed by atoms with Crippen molar-refractivity contribution in [1.82, 2.24) is 20.2 Å². The van der Waals surface area contributed by atoms with E-state index in [1.165, 1.54) is 17.8 Å². The van der Waals surface area contributed by atoms with Gasteiger partial charge in [0.15, 0.2) is 5.16 Å². The van der Waals surface area contributed by atoms with Gasteiger partial charge in [0, 0.05) is 44.5 Å². The summed E-state index contributed by atoms with van der Waals surface area (Å²) in [7, 11) is 1.59. The Bertz CT molecular complexity index is 1240. The summed E-state index contributed by atoms with van der Waals surface area (Å²) < 4.78 is 5.19. The van der Waals surface area contributed by atoms with Crippen molar-refractivity contribution in [3.63, 3.8) is 0 Å². The van der Waals surface area contributed by atoms with Gasteiger partial charge in [0.25, 0.3) is 5.56 Å². The predicted molar refractivity (Wildman–Crippen MR) is 139 cm³/mol. The Balaban J connectivity index is 1.25. The number of aromatic nitrogens is 2. The first-order valence-electron chi connectivity index (χ1n) is 11.7. The number of ether oxygens (including phenoxy) is 1. The van der Waals surface area contributed by atoms with E-state index in [1.54, 1.807) is 7.11 Å². The fourth-order valence-electron chi connectivity index (χ4n) is 3.93. The number of thioether (sulfide) groups is 1. The van der Waals surface area contributed by atoms with Crippen LogP contribution in [0.2, 0.25) is 0 Å². The molecule has 36 heavy (non-hydrogen) atoms. The zero-order valence-electron chi connectivity index (χ0n) is 20.1. The van der Waals surface area contributed by atoms with Crippen LogP contribution in [0.15, 0.2) is 70.6 Å². The Morgan fingerprint density at radius 3 is 2.58 bits per heavy atom. The van der Waals surface area contributed by atoms with Crippen LogP contribution in [0, 0.1) is 0 Å². The van der Waals surface area contributed by atoms with E-state index >= 15 is 0 Å². The van der Waals surface area contributed by atoms with Crippen molar-refractivity contribution in [3.05, 3.63) is 82.3 Å². The van der Waals surface area contributed by atoms with E-state index in [-0.39, 0.29) is 29.5 Å². The molecule has 0 radical (unpaired) electrons. The summed E-state index contributed by atoms with van der Waals surface area (Å²) in [6.07, 6.45) is -0.0309. The van der Waals surface area contributed by atoms with Crippen LogP contribution in [0.1, 0.15) is 11.3 Å². The number of piperazine rings is 1. The number of carbonyl (C=O) groups excluding carboxylic acids is 2. The van der Waals surface area contributed by atoms with E-state index in [2.05, 4.69) is 32.3 Å². The van der Waals surface area contributed by atoms with Crippen LogP contribution in [0.5, 0.6) is 5.75 Å². The van der Waals surface area contributed by atoms with Gasteiger partial charge in [-0.15, -0.1) is 0 Å². The molecule has 0 atom stereocenters. The smallest absolute Gasteiger partial charge is 0.251 e. The number of para-hydroxylation sites is 1. The Morgan fingerprint density at radius 1 is 1.06 bits per heavy atom. The molecule has 188 valence electrons. The number of nitrogens with one attached hydrogen (secondary N) is 2. The molecule has 2 amide bonds. The maximum Gasteiger partial charge on any atom is 0.251 e. The van der Waals surface area contributed by atoms with Gasteiger partial charge in [0.1, 0.15) is 5.75 Å². The largest absolute Gasteiger partial charge is 0.497 e. The molecule has 2 aromatic carbocycles. The van der Waals surface area contributed by atoms with E-state index in [0.29, 0.717) is 36.2 Å². The Morgan fingerprint density at radius 2 is 1.83 bits per heavy atom. The molecular formula is C26H29N5O4S. The average Bonchev–Trinajstić information content (AvgIpc) is 2.91. The molecule has 1 aromatic heterocycles. The minimum atomic E-state index is -0.355. The zero-order chi connectivity index (χ0) is 25.3. The summed E-state index contributed by atoms with van der Waals surface area (Å²) >= 11 is 1.17. The van der Waals surface area contributed by atoms with Crippen LogP contribution in [0.25, 0.3) is 0 Å². The number of hydrogen-bond acceptors (Lipinski definition) is 7. The molecule has 1 saturated heterocycles. The maximum atomic E-state index is 12.7. The van der Waals surface area contributed by atoms with E-state index in [0.717, 1.165) is 24.3 Å². The van der Waals surface area contributed by atoms with Gasteiger partial charge in [-0.3, -0.25) is 14.4 Å². The van der Waals surface area contributed by atoms with Gasteiger partial charge < -0.3 is 24.8 Å². The third kappa shape index (κ3) is 7.11. The summed E-state index contributed by atoms with van der Waals surface area (Å²) in [6, 6.07) is 18.9. The van der Waals surface area contributed by atoms with Gasteiger partial charge in [-0.1, -0.05) is 42.1 Å². The predicted octanol–water partition coefficient (Wildman–Crippen LogP) is 2.08. The Hall–Kier alpha value is -3.79. The summed E-state index contributed by atoms with van der Waals surface area (Å²) in [5.41, 5.74) is 2.06. The number of nitrogens with zero attached hydrogens (tertiary/aromatic N) is 3. The van der Waals surface area contributed by atoms with Crippen LogP contribution in [0.3, 0.4) is 0 Å². The number of carbonyl (C=O) groups is 2. The lowest BCUT2D eigenvalue weighted by molar-refractivity contribution is -0.128. The van der Waals surface area contributed by atoms with E-state index in [4.69, 9.17) is 4.74 Å². The first-order chi connectivity index (χ1) is 17.5. The maximum absolute atomic E-state index is 12.7. The van der Waals surface area contributed by atoms with Gasteiger partial charge in [-0.2, -0.15) is 0 Å². The summed E-state index contributed by atoms with van der Waals surface area (Å²) in [4.78, 5) is 48.3. The Kier molecular flexibility index (Phi) is 8.62. The average molecular weight is 508 g/mol. The van der Waals surface area contributed by atoms with Crippen molar-refractivity contribution in [2.75, 3.05) is 43.9 Å². The van der Waals surface area contributed by atoms with Crippen molar-refractivity contribution < 1.29 is 14.3 Å². The molecule has 1 aliphatic heterocycles. The number of benzene rings is 2. The van der Waals surface area contributed by atoms with E-state index < -0.39 is 0 Å². The first kappa shape index (κ1) is 25.3. The van der Waals surface area contributed by atoms with Gasteiger partial charge in [0.05, 0.1) is 25.0 Å². The summed E-state index contributed by atoms with van der Waals surface area (Å²) in [5.74, 6) is 0.628. The molecule has 4 rings (SSSR count). The lowest BCUT2D eigenvalue weighted by Gasteiger charge is -2.36. The quantitative estimate of drug-likeness (QED) is 0.337. The highest BCUT2D eigenvalue weighted by Gasteiger charge is 2.21. The molecule has 0 spiro atoms. The number of aromatic amines is 1. The summed E-state index contributed by atoms with van der Waals surface area (Å²) in [5, 5.41) is 3.16. The lowest BCUT2D eigenvalue weighted by atomic mass is 10.2. The normalized spacial score (nSPS) is 13.4. The molecule has 1 fully saturated rings. The molecule has 10 heteroatoms. The molecule has 2 N–H and O–H groups in total. The van der Waals surface area contributed by atoms with Crippen molar-refractivity contribution in [2.45, 2.75) is 18.1 Å². The molecule has 1 aliphatic rings. The van der Waals surface area contributed by atoms with Crippen LogP contribution >= 0.6 is 11.8 Å². The van der Waals surface area contributed by atoms with Crippen LogP contribution in [-0.4, -0.2) is 65.7 Å². The minimum absolute atomic E-state index is 0.00297. The fraction of sp³-hybridized carbons (Fsp3) is 0.308. The monoisotopic (exact) mass is 507 g/mol. The number of methoxy groups -OCH3 is 1. The standard InChI is InChI=1S/C26H29N5O4S/c1-35-22-9-5-6-19(14-22)17-27-23(32)15-20-16-24(33)29-26(28-20)36-18-25(34)31-12-10-30(11-13-31)21-7-3-2-4-8-21/h2-9,14,16H,10-13,15,17-18H2,1H3,(H,27,32)(H,28,29,33). The Labute approximate surface area is 213 Å². The van der Waals surface area contributed by atoms with Gasteiger partial charge >= 0.3 is 0 Å². The van der Waals surface area contributed by atoms with Crippen LogP contribution in [0.4, 0.5) is 5.69 Å². The first-order valence-corrected chi connectivity index (χ1v) is 12.7. The van der Waals surface area contributed by atoms with Crippen molar-refractivity contribution in [1.29, 1.82) is 0 Å². The van der Waals surface area contributed by atoms with Crippen molar-refractivity contribution in [2.24, 2.45) is 0 Å². The van der Waals surface area contributed by atoms with E-state index in [1.807, 2.05) is 47.4 Å². The lowest BCUT2D eigenvalue weighted by Crippen LogP contribution is -2.49. The van der Waals surface area contributed by atoms with Gasteiger partial charge in [-0.05, 0) is 29.8 Å². The molecule has 0 bridgehead atoms. The third-order valence-corrected chi connectivity index (χ3v) is 6.68. The third-order valence-electron chi connectivity index (χ3n) is 5.82. The number of amides is 2. The molecule has 9 nitrogen and oxygen atoms in total. The van der Waals surface area contributed by atoms with E-state index in [9.17, 15) is 14.4 Å². The van der Waals surface area contributed by atoms with Crippen molar-refractivity contribution >= 4 is 29.3 Å². The van der Waals surface area contributed by atoms with Gasteiger partial charge in [0.2, 0.25) is 11.8 Å². The number of hydrogen-bond donors (Lipinski definition) is 2. The number of anilines is 1. The van der Waals surface area contributed by atoms with Crippen LogP contribution in [-0.2, 0) is 22.6 Å². The topological polar surface area (TPSA) is 108 Å². The molecule has 0 aliphatic carbocycles. The highest BCUT2D eigenvalue weighted by Crippen LogP contribution is 2.18.